The fourth-order valence-electron chi connectivity index (χ4n) is 0.515. The Morgan fingerprint density at radius 1 is 1.90 bits per heavy atom. The van der Waals surface area contributed by atoms with Crippen molar-refractivity contribution in [2.24, 2.45) is 0 Å². The van der Waals surface area contributed by atoms with E-state index < -0.39 is 0 Å². The fourth-order valence-corrected chi connectivity index (χ4v) is 1.92. The minimum absolute atomic E-state index is 0.819. The Bertz CT molecular complexity index is 244. The van der Waals surface area contributed by atoms with E-state index in [1.54, 1.807) is 11.3 Å². The Morgan fingerprint density at radius 3 is 3.00 bits per heavy atom. The second kappa shape index (κ2) is 3.42. The first-order valence-corrected chi connectivity index (χ1v) is 5.16. The SMILES string of the molecule is C=C(SCl)c1nc(C)cs1. The van der Waals surface area contributed by atoms with Gasteiger partial charge in [0.1, 0.15) is 5.01 Å². The Hall–Kier alpha value is 0.01000. The number of rotatable bonds is 2. The molecule has 0 aromatic carbocycles. The smallest absolute Gasteiger partial charge is 0.130 e. The lowest BCUT2D eigenvalue weighted by molar-refractivity contribution is 1.25. The summed E-state index contributed by atoms with van der Waals surface area (Å²) in [6.07, 6.45) is 0. The molecular weight excluding hydrogens is 186 g/mol. The summed E-state index contributed by atoms with van der Waals surface area (Å²) >= 11 is 1.57. The van der Waals surface area contributed by atoms with Crippen LogP contribution in [-0.2, 0) is 0 Å². The fraction of sp³-hybridized carbons (Fsp3) is 0.167. The maximum Gasteiger partial charge on any atom is 0.130 e. The summed E-state index contributed by atoms with van der Waals surface area (Å²) < 4.78 is 0. The zero-order valence-corrected chi connectivity index (χ0v) is 7.82. The number of hydrogen-bond acceptors (Lipinski definition) is 3. The van der Waals surface area contributed by atoms with E-state index in [9.17, 15) is 0 Å². The van der Waals surface area contributed by atoms with Gasteiger partial charge in [-0.15, -0.1) is 11.3 Å². The second-order valence-electron chi connectivity index (χ2n) is 1.79. The van der Waals surface area contributed by atoms with Crippen LogP contribution in [0.1, 0.15) is 10.7 Å². The van der Waals surface area contributed by atoms with Crippen molar-refractivity contribution in [1.82, 2.24) is 4.98 Å². The summed E-state index contributed by atoms with van der Waals surface area (Å²) in [5, 5.41) is 2.89. The summed E-state index contributed by atoms with van der Waals surface area (Å²) in [7, 11) is 6.60. The third-order valence-electron chi connectivity index (χ3n) is 0.951. The Balaban J connectivity index is 2.85. The van der Waals surface area contributed by atoms with Gasteiger partial charge in [0.25, 0.3) is 0 Å². The third kappa shape index (κ3) is 1.75. The molecule has 54 valence electrons. The van der Waals surface area contributed by atoms with Crippen LogP contribution in [0.15, 0.2) is 12.0 Å². The molecule has 0 N–H and O–H groups in total. The van der Waals surface area contributed by atoms with Crippen LogP contribution < -0.4 is 0 Å². The van der Waals surface area contributed by atoms with E-state index in [1.807, 2.05) is 12.3 Å². The molecule has 0 aliphatic heterocycles. The molecule has 0 saturated heterocycles. The number of halogens is 1. The minimum atomic E-state index is 0.819. The van der Waals surface area contributed by atoms with Crippen molar-refractivity contribution in [1.29, 1.82) is 0 Å². The molecule has 0 aliphatic carbocycles. The van der Waals surface area contributed by atoms with E-state index >= 15 is 0 Å². The van der Waals surface area contributed by atoms with Crippen molar-refractivity contribution in [3.63, 3.8) is 0 Å². The second-order valence-corrected chi connectivity index (χ2v) is 3.76. The Kier molecular flexibility index (Phi) is 2.77. The van der Waals surface area contributed by atoms with Crippen LogP contribution in [0, 0.1) is 6.92 Å². The molecule has 10 heavy (non-hydrogen) atoms. The van der Waals surface area contributed by atoms with Gasteiger partial charge in [-0.3, -0.25) is 0 Å². The maximum atomic E-state index is 5.48. The number of nitrogens with zero attached hydrogens (tertiary/aromatic N) is 1. The zero-order valence-electron chi connectivity index (χ0n) is 5.43. The molecule has 0 unspecified atom stereocenters. The lowest BCUT2D eigenvalue weighted by Gasteiger charge is -1.89. The van der Waals surface area contributed by atoms with E-state index in [0.29, 0.717) is 0 Å². The zero-order chi connectivity index (χ0) is 7.56. The molecule has 0 spiro atoms. The molecule has 1 aromatic heterocycles. The van der Waals surface area contributed by atoms with Crippen molar-refractivity contribution < 1.29 is 0 Å². The highest BCUT2D eigenvalue weighted by atomic mass is 35.7. The molecule has 0 saturated carbocycles. The average molecular weight is 192 g/mol. The molecule has 0 bridgehead atoms. The third-order valence-corrected chi connectivity index (χ3v) is 3.04. The lowest BCUT2D eigenvalue weighted by Crippen LogP contribution is -1.73. The van der Waals surface area contributed by atoms with Gasteiger partial charge >= 0.3 is 0 Å². The van der Waals surface area contributed by atoms with Gasteiger partial charge in [0.05, 0.1) is 4.91 Å². The molecule has 0 aliphatic rings. The predicted octanol–water partition coefficient (Wildman–Crippen LogP) is 3.31. The Labute approximate surface area is 72.6 Å². The van der Waals surface area contributed by atoms with Crippen molar-refractivity contribution in [3.8, 4) is 0 Å². The van der Waals surface area contributed by atoms with Crippen LogP contribution in [-0.4, -0.2) is 4.98 Å². The van der Waals surface area contributed by atoms with Gasteiger partial charge in [-0.2, -0.15) is 0 Å². The number of hydrogen-bond donors (Lipinski definition) is 0. The minimum Gasteiger partial charge on any atom is -0.241 e. The highest BCUT2D eigenvalue weighted by Crippen LogP contribution is 2.30. The van der Waals surface area contributed by atoms with E-state index in [4.69, 9.17) is 10.7 Å². The lowest BCUT2D eigenvalue weighted by atomic mass is 10.6. The molecule has 1 aromatic rings. The molecule has 0 amide bonds. The predicted molar refractivity (Wildman–Crippen MR) is 49.3 cm³/mol. The quantitative estimate of drug-likeness (QED) is 0.712. The first-order chi connectivity index (χ1) is 4.74. The highest BCUT2D eigenvalue weighted by Gasteiger charge is 2.01. The van der Waals surface area contributed by atoms with E-state index in [2.05, 4.69) is 11.6 Å². The molecular formula is C6H6ClNS2. The van der Waals surface area contributed by atoms with Crippen molar-refractivity contribution in [3.05, 3.63) is 22.7 Å². The van der Waals surface area contributed by atoms with Gasteiger partial charge in [-0.1, -0.05) is 6.58 Å². The summed E-state index contributed by atoms with van der Waals surface area (Å²) in [4.78, 5) is 5.01. The van der Waals surface area contributed by atoms with Crippen LogP contribution >= 0.6 is 33.0 Å². The van der Waals surface area contributed by atoms with Crippen LogP contribution in [0.3, 0.4) is 0 Å². The van der Waals surface area contributed by atoms with E-state index in [0.717, 1.165) is 26.6 Å². The summed E-state index contributed by atoms with van der Waals surface area (Å²) in [5.41, 5.74) is 1.02. The standard InChI is InChI=1S/C6H6ClNS2/c1-4-3-9-6(8-4)5(2)10-7/h3H,2H2,1H3. The van der Waals surface area contributed by atoms with Gasteiger partial charge in [0.2, 0.25) is 0 Å². The highest BCUT2D eigenvalue weighted by molar-refractivity contribution is 8.28. The van der Waals surface area contributed by atoms with Crippen LogP contribution in [0.2, 0.25) is 0 Å². The van der Waals surface area contributed by atoms with E-state index in [-0.39, 0.29) is 0 Å². The number of aromatic nitrogens is 1. The molecule has 0 fully saturated rings. The summed E-state index contributed by atoms with van der Waals surface area (Å²) in [6, 6.07) is 0. The first-order valence-electron chi connectivity index (χ1n) is 2.64. The van der Waals surface area contributed by atoms with Gasteiger partial charge < -0.3 is 0 Å². The average Bonchev–Trinajstić information content (AvgIpc) is 2.34. The number of aryl methyl sites for hydroxylation is 1. The number of thiazole rings is 1. The Morgan fingerprint density at radius 2 is 2.60 bits per heavy atom. The van der Waals surface area contributed by atoms with Crippen molar-refractivity contribution >= 4 is 37.9 Å². The summed E-state index contributed by atoms with van der Waals surface area (Å²) in [6.45, 7) is 5.69. The van der Waals surface area contributed by atoms with Crippen LogP contribution in [0.5, 0.6) is 0 Å². The van der Waals surface area contributed by atoms with Crippen LogP contribution in [0.4, 0.5) is 0 Å². The van der Waals surface area contributed by atoms with Gasteiger partial charge in [-0.25, -0.2) is 4.98 Å². The van der Waals surface area contributed by atoms with Crippen molar-refractivity contribution in [2.45, 2.75) is 6.92 Å². The van der Waals surface area contributed by atoms with Gasteiger partial charge in [0, 0.05) is 11.1 Å². The normalized spacial score (nSPS) is 9.80. The van der Waals surface area contributed by atoms with Crippen molar-refractivity contribution in [2.75, 3.05) is 0 Å². The molecule has 1 nitrogen and oxygen atoms in total. The molecule has 0 atom stereocenters. The van der Waals surface area contributed by atoms with E-state index in [1.165, 1.54) is 0 Å². The first kappa shape index (κ1) is 8.11. The van der Waals surface area contributed by atoms with Crippen LogP contribution in [0.25, 0.3) is 4.91 Å². The molecule has 1 heterocycles. The molecule has 4 heteroatoms. The van der Waals surface area contributed by atoms with Gasteiger partial charge in [-0.05, 0) is 28.6 Å². The maximum absolute atomic E-state index is 5.48. The largest absolute Gasteiger partial charge is 0.241 e. The summed E-state index contributed by atoms with van der Waals surface area (Å²) in [5.74, 6) is 0. The van der Waals surface area contributed by atoms with Gasteiger partial charge in [0.15, 0.2) is 0 Å². The molecule has 1 rings (SSSR count). The monoisotopic (exact) mass is 191 g/mol. The topological polar surface area (TPSA) is 12.9 Å². The molecule has 0 radical (unpaired) electrons.